The van der Waals surface area contributed by atoms with E-state index in [-0.39, 0.29) is 34.7 Å². The van der Waals surface area contributed by atoms with Crippen molar-refractivity contribution in [3.05, 3.63) is 28.1 Å². The van der Waals surface area contributed by atoms with Crippen LogP contribution in [-0.2, 0) is 4.79 Å². The summed E-state index contributed by atoms with van der Waals surface area (Å²) in [5, 5.41) is 12.8. The summed E-state index contributed by atoms with van der Waals surface area (Å²) in [6.07, 6.45) is 6.15. The Morgan fingerprint density at radius 2 is 1.86 bits per heavy atom. The Hall–Kier alpha value is -1.73. The number of hydrogen-bond acceptors (Lipinski definition) is 5. The van der Waals surface area contributed by atoms with Crippen LogP contribution < -0.4 is 5.32 Å². The zero-order chi connectivity index (χ0) is 19.4. The van der Waals surface area contributed by atoms with Crippen molar-refractivity contribution in [2.24, 2.45) is 17.8 Å². The molecule has 28 heavy (non-hydrogen) atoms. The summed E-state index contributed by atoms with van der Waals surface area (Å²) >= 11 is 7.65. The molecule has 6 rings (SSSR count). The maximum Gasteiger partial charge on any atom is 0.308 e. The minimum atomic E-state index is -0.819. The number of carboxylic acids is 1. The zero-order valence-electron chi connectivity index (χ0n) is 15.2. The second-order valence-corrected chi connectivity index (χ2v) is 9.64. The molecule has 0 aliphatic heterocycles. The van der Waals surface area contributed by atoms with Gasteiger partial charge >= 0.3 is 5.97 Å². The molecule has 4 fully saturated rings. The number of nitrogens with one attached hydrogen (secondary N) is 1. The van der Waals surface area contributed by atoms with Crippen LogP contribution in [0.3, 0.4) is 0 Å². The molecule has 0 saturated heterocycles. The summed E-state index contributed by atoms with van der Waals surface area (Å²) in [5.74, 6) is -0.943. The summed E-state index contributed by atoms with van der Waals surface area (Å²) in [6, 6.07) is 3.58. The van der Waals surface area contributed by atoms with Crippen LogP contribution >= 0.6 is 22.9 Å². The molecule has 5 nitrogen and oxygen atoms in total. The number of carbonyl (C=O) groups is 1. The van der Waals surface area contributed by atoms with Gasteiger partial charge in [0.2, 0.25) is 5.28 Å². The third kappa shape index (κ3) is 3.18. The highest BCUT2D eigenvalue weighted by molar-refractivity contribution is 7.15. The number of aliphatic carboxylic acids is 1. The van der Waals surface area contributed by atoms with Crippen LogP contribution in [-0.4, -0.2) is 27.1 Å². The van der Waals surface area contributed by atoms with Crippen LogP contribution in [0.2, 0.25) is 5.28 Å². The fraction of sp³-hybridized carbons (Fsp3) is 0.550. The van der Waals surface area contributed by atoms with Gasteiger partial charge in [0, 0.05) is 10.9 Å². The number of anilines is 1. The molecule has 2 bridgehead atoms. The van der Waals surface area contributed by atoms with E-state index in [0.717, 1.165) is 30.6 Å². The lowest BCUT2D eigenvalue weighted by molar-refractivity contribution is -0.148. The van der Waals surface area contributed by atoms with E-state index in [9.17, 15) is 9.90 Å². The molecule has 0 spiro atoms. The molecule has 148 valence electrons. The molecule has 2 atom stereocenters. The van der Waals surface area contributed by atoms with E-state index < -0.39 is 17.7 Å². The topological polar surface area (TPSA) is 75.1 Å². The summed E-state index contributed by atoms with van der Waals surface area (Å²) < 4.78 is 15.3. The maximum atomic E-state index is 15.3. The standard InChI is InChI=1S/C20H21ClFN3O2S/c21-20-24-17(13-8-7-12(28-13)9-1-2-9)15(22)18(25-20)23-16-11-5-3-10(4-6-11)14(16)19(26)27/h7-11,14,16H,1-6H2,(H,26,27)(H,23,24,25). The summed E-state index contributed by atoms with van der Waals surface area (Å²) in [7, 11) is 0. The van der Waals surface area contributed by atoms with Crippen LogP contribution in [0.25, 0.3) is 10.6 Å². The molecule has 2 N–H and O–H groups in total. The second-order valence-electron chi connectivity index (χ2n) is 8.19. The highest BCUT2D eigenvalue weighted by Crippen LogP contribution is 2.47. The monoisotopic (exact) mass is 421 g/mol. The molecule has 2 heterocycles. The Bertz CT molecular complexity index is 924. The number of hydrogen-bond donors (Lipinski definition) is 2. The lowest BCUT2D eigenvalue weighted by atomic mass is 9.61. The molecule has 2 aromatic heterocycles. The van der Waals surface area contributed by atoms with Crippen LogP contribution in [0.4, 0.5) is 10.2 Å². The number of halogens is 2. The molecule has 8 heteroatoms. The first-order valence-electron chi connectivity index (χ1n) is 9.83. The van der Waals surface area contributed by atoms with E-state index in [1.165, 1.54) is 17.7 Å². The molecule has 4 aliphatic carbocycles. The lowest BCUT2D eigenvalue weighted by Crippen LogP contribution is -2.51. The van der Waals surface area contributed by atoms with Crippen molar-refractivity contribution in [1.29, 1.82) is 0 Å². The van der Waals surface area contributed by atoms with Crippen molar-refractivity contribution in [3.63, 3.8) is 0 Å². The molecule has 0 amide bonds. The van der Waals surface area contributed by atoms with E-state index in [1.54, 1.807) is 11.3 Å². The van der Waals surface area contributed by atoms with Crippen LogP contribution in [0.15, 0.2) is 12.1 Å². The SMILES string of the molecule is O=C(O)C1C2CCC(CC2)C1Nc1nc(Cl)nc(-c2ccc(C3CC3)s2)c1F. The van der Waals surface area contributed by atoms with Gasteiger partial charge in [-0.25, -0.2) is 9.37 Å². The Morgan fingerprint density at radius 1 is 1.14 bits per heavy atom. The summed E-state index contributed by atoms with van der Waals surface area (Å²) in [6.45, 7) is 0. The minimum Gasteiger partial charge on any atom is -0.481 e. The van der Waals surface area contributed by atoms with Gasteiger partial charge in [0.25, 0.3) is 0 Å². The number of fused-ring (bicyclic) bond motifs is 3. The largest absolute Gasteiger partial charge is 0.481 e. The lowest BCUT2D eigenvalue weighted by Gasteiger charge is -2.47. The second kappa shape index (κ2) is 6.95. The first-order chi connectivity index (χ1) is 13.5. The predicted molar refractivity (Wildman–Crippen MR) is 106 cm³/mol. The molecule has 2 unspecified atom stereocenters. The zero-order valence-corrected chi connectivity index (χ0v) is 16.8. The summed E-state index contributed by atoms with van der Waals surface area (Å²) in [5.41, 5.74) is 0.187. The smallest absolute Gasteiger partial charge is 0.308 e. The van der Waals surface area contributed by atoms with Crippen molar-refractivity contribution in [2.45, 2.75) is 50.5 Å². The first kappa shape index (κ1) is 18.3. The van der Waals surface area contributed by atoms with Gasteiger partial charge in [0.05, 0.1) is 10.8 Å². The number of nitrogens with zero attached hydrogens (tertiary/aromatic N) is 2. The van der Waals surface area contributed by atoms with Gasteiger partial charge < -0.3 is 10.4 Å². The quantitative estimate of drug-likeness (QED) is 0.651. The van der Waals surface area contributed by atoms with Crippen molar-refractivity contribution >= 4 is 34.7 Å². The highest BCUT2D eigenvalue weighted by Gasteiger charge is 2.47. The Labute approximate surface area is 171 Å². The van der Waals surface area contributed by atoms with E-state index in [0.29, 0.717) is 5.92 Å². The average Bonchev–Trinajstić information content (AvgIpc) is 3.42. The molecule has 4 aliphatic rings. The van der Waals surface area contributed by atoms with Crippen molar-refractivity contribution < 1.29 is 14.3 Å². The molecule has 4 saturated carbocycles. The fourth-order valence-corrected chi connectivity index (χ4v) is 6.25. The number of aromatic nitrogens is 2. The van der Waals surface area contributed by atoms with Gasteiger partial charge in [0.1, 0.15) is 5.69 Å². The highest BCUT2D eigenvalue weighted by atomic mass is 35.5. The van der Waals surface area contributed by atoms with Crippen LogP contribution in [0.5, 0.6) is 0 Å². The van der Waals surface area contributed by atoms with Crippen LogP contribution in [0.1, 0.15) is 49.3 Å². The Balaban J connectivity index is 1.48. The third-order valence-electron chi connectivity index (χ3n) is 6.47. The molecule has 2 aromatic rings. The van der Waals surface area contributed by atoms with Crippen LogP contribution in [0, 0.1) is 23.6 Å². The van der Waals surface area contributed by atoms with E-state index in [1.807, 2.05) is 12.1 Å². The van der Waals surface area contributed by atoms with Gasteiger partial charge in [-0.15, -0.1) is 11.3 Å². The normalized spacial score (nSPS) is 29.1. The fourth-order valence-electron chi connectivity index (χ4n) is 4.92. The average molecular weight is 422 g/mol. The number of thiophene rings is 1. The minimum absolute atomic E-state index is 0.0140. The molecular formula is C20H21ClFN3O2S. The number of rotatable bonds is 5. The van der Waals surface area contributed by atoms with E-state index in [4.69, 9.17) is 11.6 Å². The third-order valence-corrected chi connectivity index (χ3v) is 7.89. The van der Waals surface area contributed by atoms with Gasteiger partial charge in [0.15, 0.2) is 11.6 Å². The first-order valence-corrected chi connectivity index (χ1v) is 11.0. The Kier molecular flexibility index (Phi) is 4.55. The van der Waals surface area contributed by atoms with Gasteiger partial charge in [-0.3, -0.25) is 4.79 Å². The maximum absolute atomic E-state index is 15.3. The van der Waals surface area contributed by atoms with Gasteiger partial charge in [-0.2, -0.15) is 4.98 Å². The van der Waals surface area contributed by atoms with E-state index >= 15 is 4.39 Å². The van der Waals surface area contributed by atoms with Crippen molar-refractivity contribution in [1.82, 2.24) is 9.97 Å². The van der Waals surface area contributed by atoms with Crippen molar-refractivity contribution in [2.75, 3.05) is 5.32 Å². The molecule has 0 aromatic carbocycles. The Morgan fingerprint density at radius 3 is 2.54 bits per heavy atom. The summed E-state index contributed by atoms with van der Waals surface area (Å²) in [4.78, 5) is 22.0. The van der Waals surface area contributed by atoms with Crippen molar-refractivity contribution in [3.8, 4) is 10.6 Å². The van der Waals surface area contributed by atoms with Gasteiger partial charge in [-0.1, -0.05) is 0 Å². The molecular weight excluding hydrogens is 401 g/mol. The number of carboxylic acid groups (broad SMARTS) is 1. The molecule has 0 radical (unpaired) electrons. The van der Waals surface area contributed by atoms with E-state index in [2.05, 4.69) is 15.3 Å². The van der Waals surface area contributed by atoms with Gasteiger partial charge in [-0.05, 0) is 80.0 Å². The predicted octanol–water partition coefficient (Wildman–Crippen LogP) is 5.18.